The topological polar surface area (TPSA) is 66.8 Å². The molecule has 6 nitrogen and oxygen atoms in total. The Balaban J connectivity index is 1.67. The highest BCUT2D eigenvalue weighted by atomic mass is 19.4. The normalized spacial score (nSPS) is 17.3. The van der Waals surface area contributed by atoms with Gasteiger partial charge in [-0.25, -0.2) is 4.98 Å². The molecule has 0 spiro atoms. The van der Waals surface area contributed by atoms with Gasteiger partial charge in [0, 0.05) is 25.0 Å². The molecule has 1 atom stereocenters. The van der Waals surface area contributed by atoms with Crippen LogP contribution in [0.25, 0.3) is 11.0 Å². The van der Waals surface area contributed by atoms with Gasteiger partial charge in [-0.3, -0.25) is 24.5 Å². The van der Waals surface area contributed by atoms with Crippen LogP contribution in [-0.2, 0) is 12.7 Å². The molecule has 1 aliphatic rings. The van der Waals surface area contributed by atoms with E-state index in [0.29, 0.717) is 30.2 Å². The molecule has 4 heterocycles. The molecule has 0 saturated carbocycles. The monoisotopic (exact) mass is 433 g/mol. The van der Waals surface area contributed by atoms with Crippen LogP contribution in [0.15, 0.2) is 35.4 Å². The Morgan fingerprint density at radius 1 is 1.23 bits per heavy atom. The highest BCUT2D eigenvalue weighted by molar-refractivity contribution is 5.80. The van der Waals surface area contributed by atoms with Crippen molar-refractivity contribution in [1.29, 1.82) is 0 Å². The minimum absolute atomic E-state index is 0.100. The maximum Gasteiger partial charge on any atom is 0.433 e. The van der Waals surface area contributed by atoms with Crippen molar-refractivity contribution in [2.45, 2.75) is 57.8 Å². The predicted molar refractivity (Wildman–Crippen MR) is 112 cm³/mol. The van der Waals surface area contributed by atoms with E-state index in [-0.39, 0.29) is 23.2 Å². The summed E-state index contributed by atoms with van der Waals surface area (Å²) in [4.78, 5) is 22.9. The molecule has 1 aliphatic heterocycles. The van der Waals surface area contributed by atoms with Crippen molar-refractivity contribution in [1.82, 2.24) is 24.6 Å². The molecule has 1 N–H and O–H groups in total. The van der Waals surface area contributed by atoms with Gasteiger partial charge in [0.05, 0.1) is 5.39 Å². The molecular formula is C22H26F3N5O. The first-order valence-corrected chi connectivity index (χ1v) is 10.6. The number of aromatic nitrogens is 4. The Morgan fingerprint density at radius 3 is 2.52 bits per heavy atom. The van der Waals surface area contributed by atoms with Gasteiger partial charge in [-0.05, 0) is 74.5 Å². The van der Waals surface area contributed by atoms with Crippen LogP contribution in [0.2, 0.25) is 0 Å². The maximum absolute atomic E-state index is 13.6. The summed E-state index contributed by atoms with van der Waals surface area (Å²) in [5, 5.41) is 3.01. The molecule has 1 fully saturated rings. The Morgan fingerprint density at radius 2 is 1.90 bits per heavy atom. The van der Waals surface area contributed by atoms with E-state index in [4.69, 9.17) is 0 Å². The van der Waals surface area contributed by atoms with Gasteiger partial charge >= 0.3 is 6.18 Å². The number of hydrogen-bond acceptors (Lipinski definition) is 4. The molecule has 0 radical (unpaired) electrons. The third-order valence-corrected chi connectivity index (χ3v) is 6.21. The fourth-order valence-corrected chi connectivity index (χ4v) is 4.29. The number of halogens is 3. The smallest absolute Gasteiger partial charge is 0.299 e. The minimum Gasteiger partial charge on any atom is -0.299 e. The molecule has 0 aromatic carbocycles. The lowest BCUT2D eigenvalue weighted by molar-refractivity contribution is -0.141. The number of H-pyrrole nitrogens is 1. The highest BCUT2D eigenvalue weighted by Gasteiger charge is 2.36. The second-order valence-corrected chi connectivity index (χ2v) is 8.27. The van der Waals surface area contributed by atoms with Crippen LogP contribution in [-0.4, -0.2) is 37.7 Å². The number of pyridine rings is 2. The minimum atomic E-state index is -4.57. The molecular weight excluding hydrogens is 407 g/mol. The number of likely N-dealkylation sites (tertiary alicyclic amines) is 1. The van der Waals surface area contributed by atoms with Crippen LogP contribution in [0.1, 0.15) is 61.9 Å². The van der Waals surface area contributed by atoms with E-state index in [9.17, 15) is 18.0 Å². The van der Waals surface area contributed by atoms with Crippen LogP contribution < -0.4 is 5.56 Å². The van der Waals surface area contributed by atoms with Gasteiger partial charge < -0.3 is 0 Å². The summed E-state index contributed by atoms with van der Waals surface area (Å²) >= 11 is 0. The number of alkyl halides is 3. The Hall–Kier alpha value is -2.68. The third-order valence-electron chi connectivity index (χ3n) is 6.21. The first-order valence-electron chi connectivity index (χ1n) is 10.6. The van der Waals surface area contributed by atoms with Crippen molar-refractivity contribution in [3.8, 4) is 0 Å². The van der Waals surface area contributed by atoms with E-state index in [0.717, 1.165) is 31.3 Å². The number of rotatable bonds is 5. The Bertz CT molecular complexity index is 1100. The predicted octanol–water partition coefficient (Wildman–Crippen LogP) is 4.49. The zero-order valence-corrected chi connectivity index (χ0v) is 17.6. The summed E-state index contributed by atoms with van der Waals surface area (Å²) in [6, 6.07) is 4.86. The van der Waals surface area contributed by atoms with Crippen molar-refractivity contribution in [2.24, 2.45) is 0 Å². The molecule has 1 unspecified atom stereocenters. The van der Waals surface area contributed by atoms with E-state index >= 15 is 0 Å². The van der Waals surface area contributed by atoms with Gasteiger partial charge in [0.2, 0.25) is 0 Å². The van der Waals surface area contributed by atoms with Crippen molar-refractivity contribution in [3.63, 3.8) is 0 Å². The highest BCUT2D eigenvalue weighted by Crippen LogP contribution is 2.37. The fourth-order valence-electron chi connectivity index (χ4n) is 4.29. The van der Waals surface area contributed by atoms with Crippen molar-refractivity contribution in [2.75, 3.05) is 13.1 Å². The van der Waals surface area contributed by atoms with E-state index < -0.39 is 11.9 Å². The molecule has 0 amide bonds. The fraction of sp³-hybridized carbons (Fsp3) is 0.500. The van der Waals surface area contributed by atoms with E-state index in [1.54, 1.807) is 12.4 Å². The SMILES string of the molecule is CCC(C)n1[nH]c(=O)c2c(C3CCN(Cc4ccncc4)CC3)cc(C(F)(F)F)nc21. The van der Waals surface area contributed by atoms with Crippen molar-refractivity contribution >= 4 is 11.0 Å². The summed E-state index contributed by atoms with van der Waals surface area (Å²) in [5.41, 5.74) is 0.407. The number of nitrogens with one attached hydrogen (secondary N) is 1. The molecule has 9 heteroatoms. The van der Waals surface area contributed by atoms with Crippen LogP contribution in [0.3, 0.4) is 0 Å². The van der Waals surface area contributed by atoms with Crippen LogP contribution in [0.5, 0.6) is 0 Å². The van der Waals surface area contributed by atoms with Crippen LogP contribution >= 0.6 is 0 Å². The van der Waals surface area contributed by atoms with Gasteiger partial charge in [0.25, 0.3) is 5.56 Å². The molecule has 0 aliphatic carbocycles. The molecule has 0 bridgehead atoms. The van der Waals surface area contributed by atoms with Crippen LogP contribution in [0.4, 0.5) is 13.2 Å². The number of aromatic amines is 1. The zero-order chi connectivity index (χ0) is 22.2. The number of hydrogen-bond donors (Lipinski definition) is 1. The quantitative estimate of drug-likeness (QED) is 0.644. The van der Waals surface area contributed by atoms with Gasteiger partial charge in [-0.1, -0.05) is 6.92 Å². The van der Waals surface area contributed by atoms with Crippen molar-refractivity contribution in [3.05, 3.63) is 57.8 Å². The average Bonchev–Trinajstić information content (AvgIpc) is 3.10. The maximum atomic E-state index is 13.6. The van der Waals surface area contributed by atoms with Crippen LogP contribution in [0, 0.1) is 0 Å². The summed E-state index contributed by atoms with van der Waals surface area (Å²) in [6.45, 7) is 6.06. The largest absolute Gasteiger partial charge is 0.433 e. The average molecular weight is 433 g/mol. The lowest BCUT2D eigenvalue weighted by Crippen LogP contribution is -2.32. The molecule has 4 rings (SSSR count). The summed E-state index contributed by atoms with van der Waals surface area (Å²) in [5.74, 6) is -0.117. The molecule has 3 aromatic rings. The van der Waals surface area contributed by atoms with E-state index in [1.807, 2.05) is 26.0 Å². The molecule has 31 heavy (non-hydrogen) atoms. The lowest BCUT2D eigenvalue weighted by atomic mass is 9.87. The number of piperidine rings is 1. The number of fused-ring (bicyclic) bond motifs is 1. The molecule has 1 saturated heterocycles. The van der Waals surface area contributed by atoms with Gasteiger partial charge in [0.1, 0.15) is 5.69 Å². The van der Waals surface area contributed by atoms with E-state index in [1.165, 1.54) is 4.68 Å². The summed E-state index contributed by atoms with van der Waals surface area (Å²) < 4.78 is 42.3. The first-order chi connectivity index (χ1) is 14.8. The number of nitrogens with zero attached hydrogens (tertiary/aromatic N) is 4. The standard InChI is InChI=1S/C22H26F3N5O/c1-3-14(2)30-20-19(21(31)28-30)17(12-18(27-20)22(23,24)25)16-6-10-29(11-7-16)13-15-4-8-26-9-5-15/h4-5,8-9,12,14,16H,3,6-7,10-11,13H2,1-2H3,(H,28,31). The Kier molecular flexibility index (Phi) is 5.88. The molecule has 166 valence electrons. The second kappa shape index (κ2) is 8.45. The lowest BCUT2D eigenvalue weighted by Gasteiger charge is -2.32. The zero-order valence-electron chi connectivity index (χ0n) is 17.6. The van der Waals surface area contributed by atoms with Gasteiger partial charge in [-0.2, -0.15) is 13.2 Å². The van der Waals surface area contributed by atoms with Gasteiger partial charge in [0.15, 0.2) is 5.65 Å². The van der Waals surface area contributed by atoms with Crippen molar-refractivity contribution < 1.29 is 13.2 Å². The molecule has 3 aromatic heterocycles. The third kappa shape index (κ3) is 4.37. The Labute approximate surface area is 178 Å². The second-order valence-electron chi connectivity index (χ2n) is 8.27. The van der Waals surface area contributed by atoms with E-state index in [2.05, 4.69) is 20.0 Å². The first kappa shape index (κ1) is 21.5. The van der Waals surface area contributed by atoms with Gasteiger partial charge in [-0.15, -0.1) is 0 Å². The summed E-state index contributed by atoms with van der Waals surface area (Å²) in [6.07, 6.45) is 0.981. The summed E-state index contributed by atoms with van der Waals surface area (Å²) in [7, 11) is 0.